The summed E-state index contributed by atoms with van der Waals surface area (Å²) in [6.45, 7) is 4.46. The first-order valence-corrected chi connectivity index (χ1v) is 10.3. The Kier molecular flexibility index (Phi) is 6.59. The van der Waals surface area contributed by atoms with Gasteiger partial charge in [-0.1, -0.05) is 18.2 Å². The van der Waals surface area contributed by atoms with Crippen molar-refractivity contribution in [1.29, 1.82) is 0 Å². The molecular formula is C21H25N3O3S. The van der Waals surface area contributed by atoms with Crippen molar-refractivity contribution in [2.75, 3.05) is 18.9 Å². The molecular weight excluding hydrogens is 374 g/mol. The van der Waals surface area contributed by atoms with Crippen molar-refractivity contribution in [1.82, 2.24) is 15.2 Å². The summed E-state index contributed by atoms with van der Waals surface area (Å²) in [5.74, 6) is -0.138. The fourth-order valence-electron chi connectivity index (χ4n) is 3.37. The first-order chi connectivity index (χ1) is 13.5. The van der Waals surface area contributed by atoms with Crippen LogP contribution in [-0.4, -0.2) is 46.4 Å². The highest BCUT2D eigenvalue weighted by molar-refractivity contribution is 7.99. The highest BCUT2D eigenvalue weighted by Gasteiger charge is 2.19. The molecule has 0 saturated heterocycles. The van der Waals surface area contributed by atoms with E-state index in [0.29, 0.717) is 5.75 Å². The zero-order valence-electron chi connectivity index (χ0n) is 16.1. The quantitative estimate of drug-likeness (QED) is 0.508. The van der Waals surface area contributed by atoms with Gasteiger partial charge in [-0.2, -0.15) is 0 Å². The monoisotopic (exact) mass is 399 g/mol. The molecule has 148 valence electrons. The number of hydrogen-bond acceptors (Lipinski definition) is 4. The molecule has 3 aromatic rings. The van der Waals surface area contributed by atoms with E-state index in [-0.39, 0.29) is 25.0 Å². The largest absolute Gasteiger partial charge is 0.395 e. The zero-order valence-corrected chi connectivity index (χ0v) is 16.9. The summed E-state index contributed by atoms with van der Waals surface area (Å²) in [6, 6.07) is 14.0. The van der Waals surface area contributed by atoms with Crippen LogP contribution in [0.3, 0.4) is 0 Å². The lowest BCUT2D eigenvalue weighted by atomic mass is 10.1. The SMILES string of the molecule is CCn1c2ccccc2c2cc(SCC(NC(C)=O)C(=O)NCCO)ccc21. The van der Waals surface area contributed by atoms with Crippen molar-refractivity contribution >= 4 is 45.4 Å². The fourth-order valence-corrected chi connectivity index (χ4v) is 4.33. The van der Waals surface area contributed by atoms with Crippen LogP contribution in [0.2, 0.25) is 0 Å². The lowest BCUT2D eigenvalue weighted by molar-refractivity contribution is -0.127. The standard InChI is InChI=1S/C21H25N3O3S/c1-3-24-19-7-5-4-6-16(19)17-12-15(8-9-20(17)24)28-13-18(23-14(2)26)21(27)22-10-11-25/h4-9,12,18,25H,3,10-11,13H2,1-2H3,(H,22,27)(H,23,26). The Labute approximate surface area is 168 Å². The number of rotatable bonds is 8. The maximum atomic E-state index is 12.2. The Hall–Kier alpha value is -2.51. The Morgan fingerprint density at radius 1 is 1.14 bits per heavy atom. The number of nitrogens with one attached hydrogen (secondary N) is 2. The van der Waals surface area contributed by atoms with Crippen molar-refractivity contribution in [2.45, 2.75) is 31.3 Å². The number of aryl methyl sites for hydroxylation is 1. The van der Waals surface area contributed by atoms with Gasteiger partial charge in [0.05, 0.1) is 6.61 Å². The third kappa shape index (κ3) is 4.31. The van der Waals surface area contributed by atoms with E-state index in [1.54, 1.807) is 0 Å². The van der Waals surface area contributed by atoms with Crippen molar-refractivity contribution in [2.24, 2.45) is 0 Å². The molecule has 3 N–H and O–H groups in total. The van der Waals surface area contributed by atoms with Gasteiger partial charge in [0.2, 0.25) is 11.8 Å². The van der Waals surface area contributed by atoms with Gasteiger partial charge < -0.3 is 20.3 Å². The van der Waals surface area contributed by atoms with Crippen LogP contribution in [0.15, 0.2) is 47.4 Å². The van der Waals surface area contributed by atoms with E-state index < -0.39 is 6.04 Å². The van der Waals surface area contributed by atoms with Gasteiger partial charge in [-0.05, 0) is 31.2 Å². The van der Waals surface area contributed by atoms with Gasteiger partial charge in [-0.15, -0.1) is 11.8 Å². The second kappa shape index (κ2) is 9.12. The topological polar surface area (TPSA) is 83.4 Å². The highest BCUT2D eigenvalue weighted by Crippen LogP contribution is 2.32. The number of amides is 2. The summed E-state index contributed by atoms with van der Waals surface area (Å²) in [5, 5.41) is 16.6. The van der Waals surface area contributed by atoms with E-state index >= 15 is 0 Å². The van der Waals surface area contributed by atoms with Gasteiger partial charge in [0.25, 0.3) is 0 Å². The highest BCUT2D eigenvalue weighted by atomic mass is 32.2. The summed E-state index contributed by atoms with van der Waals surface area (Å²) in [4.78, 5) is 24.7. The van der Waals surface area contributed by atoms with E-state index in [1.807, 2.05) is 12.1 Å². The number of hydrogen-bond donors (Lipinski definition) is 3. The number of para-hydroxylation sites is 1. The third-order valence-electron chi connectivity index (χ3n) is 4.58. The Morgan fingerprint density at radius 2 is 1.89 bits per heavy atom. The van der Waals surface area contributed by atoms with E-state index in [0.717, 1.165) is 11.4 Å². The van der Waals surface area contributed by atoms with E-state index in [4.69, 9.17) is 5.11 Å². The smallest absolute Gasteiger partial charge is 0.243 e. The number of nitrogens with zero attached hydrogens (tertiary/aromatic N) is 1. The second-order valence-electron chi connectivity index (χ2n) is 6.52. The lowest BCUT2D eigenvalue weighted by Crippen LogP contribution is -2.48. The molecule has 1 unspecified atom stereocenters. The van der Waals surface area contributed by atoms with E-state index in [1.165, 1.54) is 40.5 Å². The molecule has 0 saturated carbocycles. The van der Waals surface area contributed by atoms with E-state index in [9.17, 15) is 9.59 Å². The average Bonchev–Trinajstić information content (AvgIpc) is 3.02. The first-order valence-electron chi connectivity index (χ1n) is 9.34. The Bertz CT molecular complexity index is 999. The number of aromatic nitrogens is 1. The number of aliphatic hydroxyl groups excluding tert-OH is 1. The zero-order chi connectivity index (χ0) is 20.1. The molecule has 1 aromatic heterocycles. The van der Waals surface area contributed by atoms with Gasteiger partial charge in [0, 0.05) is 52.5 Å². The number of fused-ring (bicyclic) bond motifs is 3. The van der Waals surface area contributed by atoms with Crippen LogP contribution in [0.4, 0.5) is 0 Å². The van der Waals surface area contributed by atoms with Gasteiger partial charge in [-0.25, -0.2) is 0 Å². The van der Waals surface area contributed by atoms with Crippen LogP contribution in [0.1, 0.15) is 13.8 Å². The summed E-state index contributed by atoms with van der Waals surface area (Å²) in [5.41, 5.74) is 2.40. The van der Waals surface area contributed by atoms with Crippen LogP contribution >= 0.6 is 11.8 Å². The Morgan fingerprint density at radius 3 is 2.61 bits per heavy atom. The minimum absolute atomic E-state index is 0.135. The number of carbonyl (C=O) groups excluding carboxylic acids is 2. The summed E-state index contributed by atoms with van der Waals surface area (Å²) in [6.07, 6.45) is 0. The normalized spacial score (nSPS) is 12.2. The number of aliphatic hydroxyl groups is 1. The molecule has 1 heterocycles. The summed E-state index contributed by atoms with van der Waals surface area (Å²) >= 11 is 1.53. The molecule has 2 amide bonds. The summed E-state index contributed by atoms with van der Waals surface area (Å²) in [7, 11) is 0. The minimum Gasteiger partial charge on any atom is -0.395 e. The molecule has 0 aliphatic heterocycles. The Balaban J connectivity index is 1.84. The van der Waals surface area contributed by atoms with Crippen LogP contribution in [0, 0.1) is 0 Å². The van der Waals surface area contributed by atoms with E-state index in [2.05, 4.69) is 52.5 Å². The molecule has 0 aliphatic carbocycles. The molecule has 0 aliphatic rings. The molecule has 28 heavy (non-hydrogen) atoms. The molecule has 2 aromatic carbocycles. The molecule has 3 rings (SSSR count). The number of carbonyl (C=O) groups is 2. The number of thioether (sulfide) groups is 1. The lowest BCUT2D eigenvalue weighted by Gasteiger charge is -2.17. The van der Waals surface area contributed by atoms with Gasteiger partial charge in [-0.3, -0.25) is 9.59 Å². The molecule has 7 heteroatoms. The fraction of sp³-hybridized carbons (Fsp3) is 0.333. The van der Waals surface area contributed by atoms with Crippen LogP contribution in [0.5, 0.6) is 0 Å². The van der Waals surface area contributed by atoms with Gasteiger partial charge >= 0.3 is 0 Å². The second-order valence-corrected chi connectivity index (χ2v) is 7.61. The maximum Gasteiger partial charge on any atom is 0.243 e. The molecule has 0 radical (unpaired) electrons. The molecule has 1 atom stereocenters. The average molecular weight is 400 g/mol. The van der Waals surface area contributed by atoms with Crippen molar-refractivity contribution in [3.8, 4) is 0 Å². The maximum absolute atomic E-state index is 12.2. The van der Waals surface area contributed by atoms with Crippen molar-refractivity contribution < 1.29 is 14.7 Å². The molecule has 6 nitrogen and oxygen atoms in total. The molecule has 0 fully saturated rings. The third-order valence-corrected chi connectivity index (χ3v) is 5.67. The predicted octanol–water partition coefficient (Wildman–Crippen LogP) is 2.52. The van der Waals surface area contributed by atoms with Crippen LogP contribution in [0.25, 0.3) is 21.8 Å². The van der Waals surface area contributed by atoms with Gasteiger partial charge in [0.15, 0.2) is 0 Å². The minimum atomic E-state index is -0.651. The van der Waals surface area contributed by atoms with Gasteiger partial charge in [0.1, 0.15) is 6.04 Å². The predicted molar refractivity (Wildman–Crippen MR) is 114 cm³/mol. The van der Waals surface area contributed by atoms with Crippen molar-refractivity contribution in [3.63, 3.8) is 0 Å². The number of benzene rings is 2. The van der Waals surface area contributed by atoms with Crippen molar-refractivity contribution in [3.05, 3.63) is 42.5 Å². The van der Waals surface area contributed by atoms with Crippen LogP contribution < -0.4 is 10.6 Å². The molecule has 0 bridgehead atoms. The first kappa shape index (κ1) is 20.2. The molecule has 0 spiro atoms. The summed E-state index contributed by atoms with van der Waals surface area (Å²) < 4.78 is 2.29. The van der Waals surface area contributed by atoms with Crippen LogP contribution in [-0.2, 0) is 16.1 Å².